The van der Waals surface area contributed by atoms with Crippen LogP contribution in [0.25, 0.3) is 0 Å². The fourth-order valence-corrected chi connectivity index (χ4v) is 5.75. The number of anilines is 1. The summed E-state index contributed by atoms with van der Waals surface area (Å²) < 4.78 is 40.4. The van der Waals surface area contributed by atoms with Gasteiger partial charge in [0.2, 0.25) is 5.91 Å². The van der Waals surface area contributed by atoms with Crippen LogP contribution in [0.4, 0.5) is 18.9 Å². The molecule has 1 aromatic carbocycles. The molecule has 0 aromatic heterocycles. The van der Waals surface area contributed by atoms with Crippen molar-refractivity contribution in [2.24, 2.45) is 0 Å². The van der Waals surface area contributed by atoms with E-state index in [1.165, 1.54) is 6.07 Å². The molecule has 2 aliphatic heterocycles. The Labute approximate surface area is 221 Å². The number of unbranched alkanes of at least 4 members (excludes halogenated alkanes) is 2. The summed E-state index contributed by atoms with van der Waals surface area (Å²) >= 11 is 5.56. The van der Waals surface area contributed by atoms with Crippen LogP contribution in [0.1, 0.15) is 65.0 Å². The lowest BCUT2D eigenvalue weighted by Gasteiger charge is -2.44. The summed E-state index contributed by atoms with van der Waals surface area (Å²) in [7, 11) is 0. The summed E-state index contributed by atoms with van der Waals surface area (Å²) in [5.74, 6) is -0.303. The quantitative estimate of drug-likeness (QED) is 0.379. The van der Waals surface area contributed by atoms with Crippen molar-refractivity contribution in [2.45, 2.75) is 77.7 Å². The van der Waals surface area contributed by atoms with Crippen LogP contribution in [0, 0.1) is 11.3 Å². The number of thiocarbonyl (C=S) groups is 1. The molecule has 2 aliphatic rings. The van der Waals surface area contributed by atoms with Crippen LogP contribution in [-0.2, 0) is 15.8 Å². The molecule has 2 heterocycles. The zero-order valence-electron chi connectivity index (χ0n) is 21.9. The molecule has 202 valence electrons. The van der Waals surface area contributed by atoms with Crippen LogP contribution in [0.5, 0.6) is 0 Å². The van der Waals surface area contributed by atoms with Gasteiger partial charge < -0.3 is 9.80 Å². The van der Waals surface area contributed by atoms with Gasteiger partial charge in [-0.2, -0.15) is 18.4 Å². The second-order valence-corrected chi connectivity index (χ2v) is 10.8. The molecule has 1 aromatic rings. The summed E-state index contributed by atoms with van der Waals surface area (Å²) in [5, 5.41) is 9.23. The number of nitrogens with zero attached hydrogens (tertiary/aromatic N) is 5. The molecule has 0 N–H and O–H groups in total. The van der Waals surface area contributed by atoms with E-state index in [-0.39, 0.29) is 28.8 Å². The number of piperazine rings is 1. The van der Waals surface area contributed by atoms with Gasteiger partial charge in [-0.25, -0.2) is 0 Å². The average Bonchev–Trinajstić information content (AvgIpc) is 2.97. The Kier molecular flexibility index (Phi) is 8.54. The van der Waals surface area contributed by atoms with Crippen LogP contribution in [0.15, 0.2) is 18.2 Å². The average molecular weight is 538 g/mol. The van der Waals surface area contributed by atoms with Gasteiger partial charge in [-0.15, -0.1) is 0 Å². The fraction of sp³-hybridized carbons (Fsp3) is 0.615. The third-order valence-corrected chi connectivity index (χ3v) is 7.76. The number of carbonyl (C=O) groups excluding carboxylic acids is 2. The van der Waals surface area contributed by atoms with Crippen LogP contribution in [0.3, 0.4) is 0 Å². The second-order valence-electron chi connectivity index (χ2n) is 10.4. The SMILES string of the molecule is CC(=O)N1CC(C)N(CCCCCN2C(=S)N(c3ccc(C#N)c(C(F)(F)F)c3)C(=O)C2(C)C)C(C)C1. The highest BCUT2D eigenvalue weighted by Crippen LogP contribution is 2.38. The number of benzene rings is 1. The molecule has 7 nitrogen and oxygen atoms in total. The van der Waals surface area contributed by atoms with Crippen LogP contribution < -0.4 is 4.90 Å². The molecule has 0 radical (unpaired) electrons. The third kappa shape index (κ3) is 5.91. The van der Waals surface area contributed by atoms with Gasteiger partial charge in [-0.05, 0) is 77.5 Å². The lowest BCUT2D eigenvalue weighted by atomic mass is 10.0. The molecule has 2 saturated heterocycles. The molecule has 2 fully saturated rings. The Morgan fingerprint density at radius 3 is 2.27 bits per heavy atom. The molecule has 0 aliphatic carbocycles. The summed E-state index contributed by atoms with van der Waals surface area (Å²) in [4.78, 5) is 32.2. The number of carbonyl (C=O) groups is 2. The third-order valence-electron chi connectivity index (χ3n) is 7.36. The van der Waals surface area contributed by atoms with E-state index in [0.717, 1.165) is 55.9 Å². The van der Waals surface area contributed by atoms with Gasteiger partial charge in [-0.3, -0.25) is 19.4 Å². The molecule has 2 unspecified atom stereocenters. The maximum absolute atomic E-state index is 13.5. The first kappa shape index (κ1) is 28.9. The lowest BCUT2D eigenvalue weighted by Crippen LogP contribution is -2.57. The summed E-state index contributed by atoms with van der Waals surface area (Å²) in [6.45, 7) is 12.1. The minimum absolute atomic E-state index is 0.00424. The Hall–Kier alpha value is -2.71. The standard InChI is InChI=1S/C26H34F3N5O2S/c1-17-15-31(19(3)35)16-18(2)32(17)11-7-6-8-12-33-24(37)34(23(36)25(33,4)5)21-10-9-20(14-30)22(13-21)26(27,28)29/h9-10,13,17-18H,6-8,11-12,15-16H2,1-5H3. The Morgan fingerprint density at radius 1 is 1.14 bits per heavy atom. The Bertz CT molecular complexity index is 1090. The fourth-order valence-electron chi connectivity index (χ4n) is 5.24. The zero-order chi connectivity index (χ0) is 27.7. The van der Waals surface area contributed by atoms with E-state index in [0.29, 0.717) is 6.54 Å². The topological polar surface area (TPSA) is 70.9 Å². The molecular weight excluding hydrogens is 503 g/mol. The molecule has 11 heteroatoms. The van der Waals surface area contributed by atoms with Crippen molar-refractivity contribution in [3.05, 3.63) is 29.3 Å². The van der Waals surface area contributed by atoms with Crippen LogP contribution in [0.2, 0.25) is 0 Å². The predicted octanol–water partition coefficient (Wildman–Crippen LogP) is 4.40. The van der Waals surface area contributed by atoms with Gasteiger partial charge >= 0.3 is 6.18 Å². The molecule has 37 heavy (non-hydrogen) atoms. The van der Waals surface area contributed by atoms with E-state index >= 15 is 0 Å². The van der Waals surface area contributed by atoms with Crippen molar-refractivity contribution >= 4 is 34.8 Å². The number of amides is 2. The van der Waals surface area contributed by atoms with E-state index in [4.69, 9.17) is 17.5 Å². The largest absolute Gasteiger partial charge is 0.417 e. The van der Waals surface area contributed by atoms with Crippen LogP contribution >= 0.6 is 12.2 Å². The van der Waals surface area contributed by atoms with E-state index in [1.807, 2.05) is 4.90 Å². The molecule has 0 saturated carbocycles. The van der Waals surface area contributed by atoms with E-state index in [1.54, 1.807) is 31.7 Å². The molecule has 0 spiro atoms. The Morgan fingerprint density at radius 2 is 1.73 bits per heavy atom. The molecule has 3 rings (SSSR count). The number of halogens is 3. The highest BCUT2D eigenvalue weighted by Gasteiger charge is 2.49. The maximum atomic E-state index is 13.5. The highest BCUT2D eigenvalue weighted by molar-refractivity contribution is 7.80. The van der Waals surface area contributed by atoms with E-state index < -0.39 is 28.7 Å². The summed E-state index contributed by atoms with van der Waals surface area (Å²) in [6.07, 6.45) is -2.13. The Balaban J connectivity index is 1.62. The van der Waals surface area contributed by atoms with Gasteiger partial charge in [0, 0.05) is 38.6 Å². The van der Waals surface area contributed by atoms with Crippen molar-refractivity contribution in [3.8, 4) is 6.07 Å². The summed E-state index contributed by atoms with van der Waals surface area (Å²) in [5.41, 5.74) is -2.59. The second kappa shape index (κ2) is 11.0. The van der Waals surface area contributed by atoms with Gasteiger partial charge in [0.05, 0.1) is 22.9 Å². The van der Waals surface area contributed by atoms with Crippen molar-refractivity contribution < 1.29 is 22.8 Å². The smallest absolute Gasteiger partial charge is 0.340 e. The van der Waals surface area contributed by atoms with Gasteiger partial charge in [0.25, 0.3) is 5.91 Å². The number of rotatable bonds is 7. The first-order valence-electron chi connectivity index (χ1n) is 12.5. The normalized spacial score (nSPS) is 22.5. The molecule has 0 bridgehead atoms. The minimum Gasteiger partial charge on any atom is -0.340 e. The molecule has 2 amide bonds. The molecular formula is C26H34F3N5O2S. The van der Waals surface area contributed by atoms with Crippen molar-refractivity contribution in [1.82, 2.24) is 14.7 Å². The van der Waals surface area contributed by atoms with Crippen molar-refractivity contribution in [2.75, 3.05) is 31.1 Å². The predicted molar refractivity (Wildman–Crippen MR) is 139 cm³/mol. The first-order chi connectivity index (χ1) is 17.2. The van der Waals surface area contributed by atoms with E-state index in [2.05, 4.69) is 18.7 Å². The first-order valence-corrected chi connectivity index (χ1v) is 12.9. The van der Waals surface area contributed by atoms with Crippen LogP contribution in [-0.4, -0.2) is 75.4 Å². The zero-order valence-corrected chi connectivity index (χ0v) is 22.7. The lowest BCUT2D eigenvalue weighted by molar-refractivity contribution is -0.138. The van der Waals surface area contributed by atoms with E-state index in [9.17, 15) is 22.8 Å². The molecule has 2 atom stereocenters. The van der Waals surface area contributed by atoms with Gasteiger partial charge in [0.1, 0.15) is 5.54 Å². The van der Waals surface area contributed by atoms with Crippen molar-refractivity contribution in [3.63, 3.8) is 0 Å². The van der Waals surface area contributed by atoms with Gasteiger partial charge in [-0.1, -0.05) is 6.42 Å². The van der Waals surface area contributed by atoms with Crippen molar-refractivity contribution in [1.29, 1.82) is 5.26 Å². The maximum Gasteiger partial charge on any atom is 0.417 e. The number of hydrogen-bond donors (Lipinski definition) is 0. The highest BCUT2D eigenvalue weighted by atomic mass is 32.1. The minimum atomic E-state index is -4.73. The number of nitriles is 1. The number of hydrogen-bond acceptors (Lipinski definition) is 5. The van der Waals surface area contributed by atoms with Gasteiger partial charge in [0.15, 0.2) is 5.11 Å². The monoisotopic (exact) mass is 537 g/mol. The summed E-state index contributed by atoms with van der Waals surface area (Å²) in [6, 6.07) is 5.32. The number of alkyl halides is 3.